The van der Waals surface area contributed by atoms with E-state index in [0.717, 1.165) is 12.8 Å². The molecule has 0 bridgehead atoms. The summed E-state index contributed by atoms with van der Waals surface area (Å²) in [5.41, 5.74) is 4.91. The normalized spacial score (nSPS) is 10.9. The monoisotopic (exact) mass is 288 g/mol. The summed E-state index contributed by atoms with van der Waals surface area (Å²) in [5.74, 6) is -0.738. The molecule has 5 nitrogen and oxygen atoms in total. The Bertz CT molecular complexity index is 326. The predicted octanol–water partition coefficient (Wildman–Crippen LogP) is 1.54. The standard InChI is InChI=1S/C13H24N2O3S/c1-4-7-13(8-5-2,11(14)19)12(17)15-9-10(16)18-6-3/h4-9H2,1-3H3,(H2,14,19)(H,15,17). The minimum Gasteiger partial charge on any atom is -0.465 e. The number of hydrogen-bond donors (Lipinski definition) is 2. The van der Waals surface area contributed by atoms with Gasteiger partial charge in [0.25, 0.3) is 0 Å². The lowest BCUT2D eigenvalue weighted by Crippen LogP contribution is -2.50. The van der Waals surface area contributed by atoms with E-state index < -0.39 is 11.4 Å². The molecular formula is C13H24N2O3S. The van der Waals surface area contributed by atoms with Crippen LogP contribution in [0.25, 0.3) is 0 Å². The molecule has 0 atom stereocenters. The Kier molecular flexibility index (Phi) is 8.30. The van der Waals surface area contributed by atoms with Crippen LogP contribution < -0.4 is 11.1 Å². The van der Waals surface area contributed by atoms with Gasteiger partial charge in [-0.2, -0.15) is 0 Å². The zero-order valence-corrected chi connectivity index (χ0v) is 12.8. The molecule has 0 saturated heterocycles. The van der Waals surface area contributed by atoms with Crippen molar-refractivity contribution in [3.8, 4) is 0 Å². The second-order valence-corrected chi connectivity index (χ2v) is 4.87. The first-order valence-electron chi connectivity index (χ1n) is 6.68. The van der Waals surface area contributed by atoms with Crippen LogP contribution in [-0.2, 0) is 14.3 Å². The molecule has 0 radical (unpaired) electrons. The number of carbonyl (C=O) groups is 2. The Morgan fingerprint density at radius 1 is 1.21 bits per heavy atom. The van der Waals surface area contributed by atoms with E-state index in [4.69, 9.17) is 22.7 Å². The molecule has 1 amide bonds. The maximum atomic E-state index is 12.3. The minimum atomic E-state index is -0.856. The highest BCUT2D eigenvalue weighted by molar-refractivity contribution is 7.80. The molecule has 6 heteroatoms. The van der Waals surface area contributed by atoms with Gasteiger partial charge in [-0.15, -0.1) is 0 Å². The average Bonchev–Trinajstić information content (AvgIpc) is 2.35. The van der Waals surface area contributed by atoms with Gasteiger partial charge in [-0.25, -0.2) is 0 Å². The summed E-state index contributed by atoms with van der Waals surface area (Å²) in [6.07, 6.45) is 2.77. The topological polar surface area (TPSA) is 81.4 Å². The summed E-state index contributed by atoms with van der Waals surface area (Å²) >= 11 is 5.07. The molecule has 19 heavy (non-hydrogen) atoms. The van der Waals surface area contributed by atoms with Crippen LogP contribution in [0.3, 0.4) is 0 Å². The molecule has 0 spiro atoms. The first kappa shape index (κ1) is 17.8. The van der Waals surface area contributed by atoms with E-state index in [1.807, 2.05) is 13.8 Å². The van der Waals surface area contributed by atoms with Crippen molar-refractivity contribution in [2.75, 3.05) is 13.2 Å². The molecule has 0 aliphatic heterocycles. The van der Waals surface area contributed by atoms with Crippen LogP contribution in [-0.4, -0.2) is 30.0 Å². The van der Waals surface area contributed by atoms with E-state index in [2.05, 4.69) is 5.32 Å². The van der Waals surface area contributed by atoms with E-state index in [9.17, 15) is 9.59 Å². The molecule has 0 unspecified atom stereocenters. The first-order valence-corrected chi connectivity index (χ1v) is 7.09. The Labute approximate surface area is 120 Å². The fourth-order valence-corrected chi connectivity index (χ4v) is 2.39. The molecule has 0 aliphatic carbocycles. The molecule has 0 rings (SSSR count). The van der Waals surface area contributed by atoms with Crippen molar-refractivity contribution in [2.45, 2.75) is 46.5 Å². The Hall–Kier alpha value is -1.17. The number of esters is 1. The van der Waals surface area contributed by atoms with Crippen LogP contribution in [0.4, 0.5) is 0 Å². The van der Waals surface area contributed by atoms with Gasteiger partial charge in [0.15, 0.2) is 0 Å². The highest BCUT2D eigenvalue weighted by Gasteiger charge is 2.39. The molecule has 0 saturated carbocycles. The van der Waals surface area contributed by atoms with Crippen LogP contribution in [0.1, 0.15) is 46.5 Å². The third-order valence-corrected chi connectivity index (χ3v) is 3.35. The maximum absolute atomic E-state index is 12.3. The van der Waals surface area contributed by atoms with Gasteiger partial charge in [-0.05, 0) is 19.8 Å². The average molecular weight is 288 g/mol. The number of rotatable bonds is 9. The van der Waals surface area contributed by atoms with Crippen molar-refractivity contribution in [1.29, 1.82) is 0 Å². The zero-order chi connectivity index (χ0) is 14.9. The molecular weight excluding hydrogens is 264 g/mol. The fourth-order valence-electron chi connectivity index (χ4n) is 2.10. The summed E-state index contributed by atoms with van der Waals surface area (Å²) in [4.78, 5) is 23.8. The van der Waals surface area contributed by atoms with Crippen molar-refractivity contribution < 1.29 is 14.3 Å². The summed E-state index contributed by atoms with van der Waals surface area (Å²) in [6, 6.07) is 0. The number of nitrogens with one attached hydrogen (secondary N) is 1. The number of amides is 1. The highest BCUT2D eigenvalue weighted by atomic mass is 32.1. The molecule has 110 valence electrons. The molecule has 0 heterocycles. The van der Waals surface area contributed by atoms with Gasteiger partial charge in [-0.1, -0.05) is 38.9 Å². The fraction of sp³-hybridized carbons (Fsp3) is 0.769. The lowest BCUT2D eigenvalue weighted by molar-refractivity contribution is -0.144. The van der Waals surface area contributed by atoms with Crippen LogP contribution in [0.5, 0.6) is 0 Å². The molecule has 0 aromatic heterocycles. The first-order chi connectivity index (χ1) is 8.94. The Morgan fingerprint density at radius 2 is 1.74 bits per heavy atom. The third kappa shape index (κ3) is 5.14. The number of hydrogen-bond acceptors (Lipinski definition) is 4. The van der Waals surface area contributed by atoms with Crippen molar-refractivity contribution >= 4 is 29.1 Å². The van der Waals surface area contributed by atoms with Crippen LogP contribution in [0.15, 0.2) is 0 Å². The van der Waals surface area contributed by atoms with Crippen molar-refractivity contribution in [3.05, 3.63) is 0 Å². The van der Waals surface area contributed by atoms with E-state index >= 15 is 0 Å². The van der Waals surface area contributed by atoms with Crippen LogP contribution >= 0.6 is 12.2 Å². The lowest BCUT2D eigenvalue weighted by atomic mass is 9.78. The van der Waals surface area contributed by atoms with Gasteiger partial charge >= 0.3 is 5.97 Å². The predicted molar refractivity (Wildman–Crippen MR) is 78.7 cm³/mol. The van der Waals surface area contributed by atoms with Crippen molar-refractivity contribution in [3.63, 3.8) is 0 Å². The Morgan fingerprint density at radius 3 is 2.11 bits per heavy atom. The largest absolute Gasteiger partial charge is 0.465 e. The number of carbonyl (C=O) groups excluding carboxylic acids is 2. The Balaban J connectivity index is 4.80. The van der Waals surface area contributed by atoms with Gasteiger partial charge in [0.1, 0.15) is 6.54 Å². The number of thiocarbonyl (C=S) groups is 1. The van der Waals surface area contributed by atoms with Gasteiger partial charge in [-0.3, -0.25) is 9.59 Å². The molecule has 0 aromatic rings. The zero-order valence-electron chi connectivity index (χ0n) is 12.0. The second kappa shape index (κ2) is 8.85. The van der Waals surface area contributed by atoms with Crippen molar-refractivity contribution in [2.24, 2.45) is 11.1 Å². The van der Waals surface area contributed by atoms with Gasteiger partial charge in [0.2, 0.25) is 5.91 Å². The van der Waals surface area contributed by atoms with Gasteiger partial charge < -0.3 is 15.8 Å². The van der Waals surface area contributed by atoms with E-state index in [1.54, 1.807) is 6.92 Å². The number of nitrogens with two attached hydrogens (primary N) is 1. The van der Waals surface area contributed by atoms with Crippen LogP contribution in [0, 0.1) is 5.41 Å². The van der Waals surface area contributed by atoms with Gasteiger partial charge in [0, 0.05) is 0 Å². The molecule has 0 fully saturated rings. The highest BCUT2D eigenvalue weighted by Crippen LogP contribution is 2.30. The molecule has 0 aliphatic rings. The third-order valence-electron chi connectivity index (χ3n) is 2.96. The van der Waals surface area contributed by atoms with E-state index in [0.29, 0.717) is 19.4 Å². The summed E-state index contributed by atoms with van der Waals surface area (Å²) in [6.45, 7) is 5.80. The second-order valence-electron chi connectivity index (χ2n) is 4.43. The quantitative estimate of drug-likeness (QED) is 0.497. The molecule has 0 aromatic carbocycles. The lowest BCUT2D eigenvalue weighted by Gasteiger charge is -2.30. The number of ether oxygens (including phenoxy) is 1. The SMILES string of the molecule is CCCC(CCC)(C(=O)NCC(=O)OCC)C(N)=S. The maximum Gasteiger partial charge on any atom is 0.325 e. The smallest absolute Gasteiger partial charge is 0.325 e. The van der Waals surface area contributed by atoms with Gasteiger partial charge in [0.05, 0.1) is 17.0 Å². The minimum absolute atomic E-state index is 0.148. The summed E-state index contributed by atoms with van der Waals surface area (Å²) in [5, 5.41) is 2.58. The molecule has 3 N–H and O–H groups in total. The van der Waals surface area contributed by atoms with E-state index in [-0.39, 0.29) is 17.4 Å². The summed E-state index contributed by atoms with van der Waals surface area (Å²) < 4.78 is 4.77. The van der Waals surface area contributed by atoms with Crippen LogP contribution in [0.2, 0.25) is 0 Å². The summed E-state index contributed by atoms with van der Waals surface area (Å²) in [7, 11) is 0. The van der Waals surface area contributed by atoms with E-state index in [1.165, 1.54) is 0 Å². The van der Waals surface area contributed by atoms with Crippen molar-refractivity contribution in [1.82, 2.24) is 5.32 Å².